The molecule has 1 aliphatic rings. The fourth-order valence-corrected chi connectivity index (χ4v) is 2.67. The third-order valence-corrected chi connectivity index (χ3v) is 4.02. The topological polar surface area (TPSA) is 50.8 Å². The molecule has 2 rings (SSSR count). The van der Waals surface area contributed by atoms with Gasteiger partial charge in [-0.25, -0.2) is 0 Å². The van der Waals surface area contributed by atoms with E-state index in [-0.39, 0.29) is 12.5 Å². The molecular weight excluding hydrogens is 280 g/mol. The zero-order chi connectivity index (χ0) is 15.8. The first-order chi connectivity index (χ1) is 10.7. The van der Waals surface area contributed by atoms with Crippen molar-refractivity contribution < 1.29 is 14.3 Å². The van der Waals surface area contributed by atoms with Gasteiger partial charge in [0.1, 0.15) is 5.75 Å². The molecule has 1 heterocycles. The Kier molecular flexibility index (Phi) is 6.68. The van der Waals surface area contributed by atoms with Gasteiger partial charge < -0.3 is 19.7 Å². The fourth-order valence-electron chi connectivity index (χ4n) is 2.67. The van der Waals surface area contributed by atoms with Crippen molar-refractivity contribution in [3.8, 4) is 5.75 Å². The number of benzene rings is 1. The standard InChI is InChI=1S/C17H26N2O3/c1-14-5-3-4-6-16(14)22-13-17(20)18-11-15-7-8-19(12-15)9-10-21-2/h3-6,15H,7-13H2,1-2H3,(H,18,20)/t15-/m1/s1. The summed E-state index contributed by atoms with van der Waals surface area (Å²) in [7, 11) is 1.72. The molecule has 1 amide bonds. The third kappa shape index (κ3) is 5.31. The number of likely N-dealkylation sites (tertiary alicyclic amines) is 1. The van der Waals surface area contributed by atoms with E-state index in [9.17, 15) is 4.79 Å². The van der Waals surface area contributed by atoms with Gasteiger partial charge in [-0.05, 0) is 37.4 Å². The summed E-state index contributed by atoms with van der Waals surface area (Å²) in [6.45, 7) is 6.62. The Morgan fingerprint density at radius 3 is 3.00 bits per heavy atom. The first kappa shape index (κ1) is 16.8. The largest absolute Gasteiger partial charge is 0.484 e. The monoisotopic (exact) mass is 306 g/mol. The first-order valence-electron chi connectivity index (χ1n) is 7.85. The van der Waals surface area contributed by atoms with Crippen molar-refractivity contribution in [3.63, 3.8) is 0 Å². The van der Waals surface area contributed by atoms with Crippen LogP contribution in [0.2, 0.25) is 0 Å². The fraction of sp³-hybridized carbons (Fsp3) is 0.588. The molecule has 122 valence electrons. The lowest BCUT2D eigenvalue weighted by Crippen LogP contribution is -2.34. The van der Waals surface area contributed by atoms with Crippen molar-refractivity contribution >= 4 is 5.91 Å². The highest BCUT2D eigenvalue weighted by Crippen LogP contribution is 2.16. The Morgan fingerprint density at radius 1 is 1.41 bits per heavy atom. The summed E-state index contributed by atoms with van der Waals surface area (Å²) in [6, 6.07) is 7.72. The summed E-state index contributed by atoms with van der Waals surface area (Å²) in [5.41, 5.74) is 1.04. The number of nitrogens with zero attached hydrogens (tertiary/aromatic N) is 1. The first-order valence-corrected chi connectivity index (χ1v) is 7.85. The van der Waals surface area contributed by atoms with Crippen LogP contribution in [0.15, 0.2) is 24.3 Å². The molecule has 22 heavy (non-hydrogen) atoms. The second-order valence-electron chi connectivity index (χ2n) is 5.81. The average molecular weight is 306 g/mol. The summed E-state index contributed by atoms with van der Waals surface area (Å²) < 4.78 is 10.6. The minimum Gasteiger partial charge on any atom is -0.484 e. The van der Waals surface area contributed by atoms with Gasteiger partial charge in [0, 0.05) is 26.7 Å². The van der Waals surface area contributed by atoms with E-state index in [1.807, 2.05) is 31.2 Å². The second kappa shape index (κ2) is 8.76. The Morgan fingerprint density at radius 2 is 2.23 bits per heavy atom. The molecular formula is C17H26N2O3. The molecule has 5 nitrogen and oxygen atoms in total. The highest BCUT2D eigenvalue weighted by molar-refractivity contribution is 5.77. The number of nitrogens with one attached hydrogen (secondary N) is 1. The van der Waals surface area contributed by atoms with Gasteiger partial charge in [-0.1, -0.05) is 18.2 Å². The Bertz CT molecular complexity index is 479. The molecule has 5 heteroatoms. The summed E-state index contributed by atoms with van der Waals surface area (Å²) in [5.74, 6) is 1.24. The predicted octanol–water partition coefficient (Wildman–Crippen LogP) is 1.46. The lowest BCUT2D eigenvalue weighted by atomic mass is 10.1. The van der Waals surface area contributed by atoms with Crippen molar-refractivity contribution in [1.29, 1.82) is 0 Å². The van der Waals surface area contributed by atoms with Crippen LogP contribution < -0.4 is 10.1 Å². The maximum absolute atomic E-state index is 11.9. The molecule has 0 radical (unpaired) electrons. The molecule has 1 saturated heterocycles. The predicted molar refractivity (Wildman–Crippen MR) is 86.1 cm³/mol. The van der Waals surface area contributed by atoms with Crippen molar-refractivity contribution in [3.05, 3.63) is 29.8 Å². The van der Waals surface area contributed by atoms with Gasteiger partial charge in [0.25, 0.3) is 5.91 Å². The molecule has 0 aromatic heterocycles. The third-order valence-electron chi connectivity index (χ3n) is 4.02. The van der Waals surface area contributed by atoms with Crippen molar-refractivity contribution in [1.82, 2.24) is 10.2 Å². The van der Waals surface area contributed by atoms with E-state index in [1.165, 1.54) is 0 Å². The van der Waals surface area contributed by atoms with E-state index >= 15 is 0 Å². The summed E-state index contributed by atoms with van der Waals surface area (Å²) in [6.07, 6.45) is 1.13. The minimum absolute atomic E-state index is 0.0569. The summed E-state index contributed by atoms with van der Waals surface area (Å²) in [5, 5.41) is 2.97. The van der Waals surface area contributed by atoms with E-state index in [4.69, 9.17) is 9.47 Å². The normalized spacial score (nSPS) is 18.4. The van der Waals surface area contributed by atoms with Crippen LogP contribution in [-0.4, -0.2) is 57.3 Å². The molecule has 0 unspecified atom stereocenters. The maximum Gasteiger partial charge on any atom is 0.257 e. The maximum atomic E-state index is 11.9. The molecule has 0 bridgehead atoms. The highest BCUT2D eigenvalue weighted by atomic mass is 16.5. The van der Waals surface area contributed by atoms with Gasteiger partial charge in [0.15, 0.2) is 6.61 Å². The van der Waals surface area contributed by atoms with Crippen LogP contribution in [0, 0.1) is 12.8 Å². The second-order valence-corrected chi connectivity index (χ2v) is 5.81. The molecule has 1 aromatic carbocycles. The van der Waals surface area contributed by atoms with Crippen LogP contribution in [0.5, 0.6) is 5.75 Å². The van der Waals surface area contributed by atoms with Gasteiger partial charge in [0.05, 0.1) is 6.61 Å². The van der Waals surface area contributed by atoms with Gasteiger partial charge in [-0.3, -0.25) is 4.79 Å². The van der Waals surface area contributed by atoms with Crippen LogP contribution in [0.3, 0.4) is 0 Å². The number of amides is 1. The zero-order valence-corrected chi connectivity index (χ0v) is 13.5. The number of carbonyl (C=O) groups is 1. The van der Waals surface area contributed by atoms with Crippen LogP contribution in [0.4, 0.5) is 0 Å². The van der Waals surface area contributed by atoms with Crippen molar-refractivity contribution in [2.24, 2.45) is 5.92 Å². The van der Waals surface area contributed by atoms with Crippen molar-refractivity contribution in [2.75, 3.05) is 46.5 Å². The number of methoxy groups -OCH3 is 1. The number of para-hydroxylation sites is 1. The lowest BCUT2D eigenvalue weighted by molar-refractivity contribution is -0.123. The average Bonchev–Trinajstić information content (AvgIpc) is 2.98. The molecule has 1 aliphatic heterocycles. The highest BCUT2D eigenvalue weighted by Gasteiger charge is 2.22. The van der Waals surface area contributed by atoms with E-state index < -0.39 is 0 Å². The van der Waals surface area contributed by atoms with Gasteiger partial charge in [0.2, 0.25) is 0 Å². The molecule has 1 aromatic rings. The summed E-state index contributed by atoms with van der Waals surface area (Å²) in [4.78, 5) is 14.2. The number of carbonyl (C=O) groups excluding carboxylic acids is 1. The number of ether oxygens (including phenoxy) is 2. The zero-order valence-electron chi connectivity index (χ0n) is 13.5. The number of hydrogen-bond donors (Lipinski definition) is 1. The summed E-state index contributed by atoms with van der Waals surface area (Å²) >= 11 is 0. The van der Waals surface area contributed by atoms with Crippen LogP contribution >= 0.6 is 0 Å². The SMILES string of the molecule is COCCN1CC[C@H](CNC(=O)COc2ccccc2C)C1. The van der Waals surface area contributed by atoms with Gasteiger partial charge in [-0.2, -0.15) is 0 Å². The van der Waals surface area contributed by atoms with Crippen LogP contribution in [-0.2, 0) is 9.53 Å². The van der Waals surface area contributed by atoms with Gasteiger partial charge >= 0.3 is 0 Å². The van der Waals surface area contributed by atoms with E-state index in [0.717, 1.165) is 50.5 Å². The number of hydrogen-bond acceptors (Lipinski definition) is 4. The van der Waals surface area contributed by atoms with Crippen LogP contribution in [0.25, 0.3) is 0 Å². The number of rotatable bonds is 8. The minimum atomic E-state index is -0.0569. The molecule has 0 spiro atoms. The van der Waals surface area contributed by atoms with Crippen molar-refractivity contribution in [2.45, 2.75) is 13.3 Å². The van der Waals surface area contributed by atoms with E-state index in [0.29, 0.717) is 5.92 Å². The quantitative estimate of drug-likeness (QED) is 0.790. The van der Waals surface area contributed by atoms with E-state index in [1.54, 1.807) is 7.11 Å². The Hall–Kier alpha value is -1.59. The Balaban J connectivity index is 1.63. The molecule has 1 fully saturated rings. The molecule has 0 aliphatic carbocycles. The smallest absolute Gasteiger partial charge is 0.257 e. The molecule has 1 atom stereocenters. The number of aryl methyl sites for hydroxylation is 1. The van der Waals surface area contributed by atoms with E-state index in [2.05, 4.69) is 10.2 Å². The lowest BCUT2D eigenvalue weighted by Gasteiger charge is -2.15. The van der Waals surface area contributed by atoms with Crippen LogP contribution in [0.1, 0.15) is 12.0 Å². The Labute approximate surface area is 132 Å². The molecule has 0 saturated carbocycles. The molecule has 1 N–H and O–H groups in total. The van der Waals surface area contributed by atoms with Gasteiger partial charge in [-0.15, -0.1) is 0 Å².